The van der Waals surface area contributed by atoms with Gasteiger partial charge in [-0.1, -0.05) is 19.8 Å². The van der Waals surface area contributed by atoms with Gasteiger partial charge in [0.2, 0.25) is 5.91 Å². The lowest BCUT2D eigenvalue weighted by atomic mass is 9.95. The van der Waals surface area contributed by atoms with Gasteiger partial charge in [-0.05, 0) is 58.0 Å². The first-order valence-electron chi connectivity index (χ1n) is 10.7. The molecule has 0 aromatic rings. The lowest BCUT2D eigenvalue weighted by Gasteiger charge is -2.37. The van der Waals surface area contributed by atoms with Gasteiger partial charge >= 0.3 is 0 Å². The Hall–Kier alpha value is -1.30. The first-order valence-corrected chi connectivity index (χ1v) is 10.7. The molecule has 0 aliphatic carbocycles. The molecular formula is C20H39N5O. The topological polar surface area (TPSA) is 74.0 Å². The van der Waals surface area contributed by atoms with Crippen molar-refractivity contribution in [1.82, 2.24) is 15.1 Å². The van der Waals surface area contributed by atoms with E-state index in [1.807, 2.05) is 0 Å². The summed E-state index contributed by atoms with van der Waals surface area (Å²) in [5.74, 6) is 1.19. The number of likely N-dealkylation sites (tertiary alicyclic amines) is 2. The number of unbranched alkanes of at least 4 members (excludes halogenated alkanes) is 1. The van der Waals surface area contributed by atoms with Gasteiger partial charge < -0.3 is 16.0 Å². The van der Waals surface area contributed by atoms with E-state index in [2.05, 4.69) is 29.0 Å². The number of primary amides is 1. The van der Waals surface area contributed by atoms with Crippen LogP contribution in [0.1, 0.15) is 65.2 Å². The summed E-state index contributed by atoms with van der Waals surface area (Å²) in [5, 5.41) is 3.47. The summed E-state index contributed by atoms with van der Waals surface area (Å²) < 4.78 is 0. The van der Waals surface area contributed by atoms with Crippen molar-refractivity contribution < 1.29 is 4.79 Å². The highest BCUT2D eigenvalue weighted by molar-refractivity contribution is 5.80. The van der Waals surface area contributed by atoms with Gasteiger partial charge in [0.1, 0.15) is 0 Å². The van der Waals surface area contributed by atoms with Crippen molar-refractivity contribution in [3.05, 3.63) is 0 Å². The van der Waals surface area contributed by atoms with Crippen LogP contribution in [0.4, 0.5) is 0 Å². The molecule has 2 aliphatic rings. The molecule has 1 amide bonds. The first-order chi connectivity index (χ1) is 12.6. The van der Waals surface area contributed by atoms with Crippen molar-refractivity contribution in [3.63, 3.8) is 0 Å². The zero-order valence-electron chi connectivity index (χ0n) is 16.9. The lowest BCUT2D eigenvalue weighted by molar-refractivity contribution is -0.119. The third-order valence-electron chi connectivity index (χ3n) is 5.64. The predicted octanol–water partition coefficient (Wildman–Crippen LogP) is 2.19. The maximum atomic E-state index is 11.3. The molecule has 2 rings (SSSR count). The number of nitrogens with zero attached hydrogens (tertiary/aromatic N) is 3. The van der Waals surface area contributed by atoms with Crippen LogP contribution in [0.25, 0.3) is 0 Å². The molecule has 2 heterocycles. The summed E-state index contributed by atoms with van der Waals surface area (Å²) in [6.07, 6.45) is 9.13. The lowest BCUT2D eigenvalue weighted by Crippen LogP contribution is -2.48. The van der Waals surface area contributed by atoms with Crippen LogP contribution in [0.5, 0.6) is 0 Å². The van der Waals surface area contributed by atoms with Crippen LogP contribution >= 0.6 is 0 Å². The summed E-state index contributed by atoms with van der Waals surface area (Å²) >= 11 is 0. The Morgan fingerprint density at radius 1 is 1.19 bits per heavy atom. The molecule has 26 heavy (non-hydrogen) atoms. The molecule has 6 heteroatoms. The van der Waals surface area contributed by atoms with Gasteiger partial charge in [-0.3, -0.25) is 14.7 Å². The molecule has 150 valence electrons. The highest BCUT2D eigenvalue weighted by Gasteiger charge is 2.25. The summed E-state index contributed by atoms with van der Waals surface area (Å²) in [6.45, 7) is 10.5. The van der Waals surface area contributed by atoms with Crippen LogP contribution in [0.3, 0.4) is 0 Å². The molecule has 2 fully saturated rings. The molecule has 0 radical (unpaired) electrons. The Balaban J connectivity index is 1.96. The van der Waals surface area contributed by atoms with Gasteiger partial charge in [0.05, 0.1) is 6.54 Å². The number of hydrogen-bond acceptors (Lipinski definition) is 3. The molecule has 0 aromatic carbocycles. The molecule has 0 aromatic heterocycles. The Bertz CT molecular complexity index is 453. The summed E-state index contributed by atoms with van der Waals surface area (Å²) in [7, 11) is 0. The van der Waals surface area contributed by atoms with Crippen LogP contribution in [0, 0.1) is 5.92 Å². The largest absolute Gasteiger partial charge is 0.370 e. The fraction of sp³-hybridized carbons (Fsp3) is 0.900. The Labute approximate surface area is 159 Å². The zero-order chi connectivity index (χ0) is 18.8. The standard InChI is InChI=1S/C20H39N5O/c1-3-5-11-24-12-7-6-10-18(24)15-23-20(22-4-2)25-13-8-9-17(16-25)14-19(21)26/h17-18H,3-16H2,1-2H3,(H2,21,26)(H,22,23). The average molecular weight is 366 g/mol. The normalized spacial score (nSPS) is 25.3. The van der Waals surface area contributed by atoms with Crippen molar-refractivity contribution in [3.8, 4) is 0 Å². The number of nitrogens with one attached hydrogen (secondary N) is 1. The van der Waals surface area contributed by atoms with Crippen molar-refractivity contribution in [2.45, 2.75) is 71.3 Å². The van der Waals surface area contributed by atoms with Crippen molar-refractivity contribution >= 4 is 11.9 Å². The van der Waals surface area contributed by atoms with E-state index in [9.17, 15) is 4.79 Å². The molecule has 0 bridgehead atoms. The van der Waals surface area contributed by atoms with Crippen molar-refractivity contribution in [1.29, 1.82) is 0 Å². The molecule has 6 nitrogen and oxygen atoms in total. The molecule has 3 N–H and O–H groups in total. The van der Waals surface area contributed by atoms with Crippen LogP contribution in [-0.2, 0) is 4.79 Å². The highest BCUT2D eigenvalue weighted by atomic mass is 16.1. The quantitative estimate of drug-likeness (QED) is 0.511. The third-order valence-corrected chi connectivity index (χ3v) is 5.64. The number of aliphatic imine (C=N–C) groups is 1. The average Bonchev–Trinajstić information content (AvgIpc) is 2.64. The molecule has 2 unspecified atom stereocenters. The van der Waals surface area contributed by atoms with Crippen LogP contribution < -0.4 is 11.1 Å². The second-order valence-electron chi connectivity index (χ2n) is 7.86. The highest BCUT2D eigenvalue weighted by Crippen LogP contribution is 2.21. The van der Waals surface area contributed by atoms with Gasteiger partial charge in [0.25, 0.3) is 0 Å². The van der Waals surface area contributed by atoms with E-state index in [1.165, 1.54) is 45.2 Å². The molecule has 2 atom stereocenters. The number of carbonyl (C=O) groups excluding carboxylic acids is 1. The number of rotatable bonds is 8. The summed E-state index contributed by atoms with van der Waals surface area (Å²) in [6, 6.07) is 0.579. The number of guanidine groups is 1. The van der Waals surface area contributed by atoms with E-state index in [-0.39, 0.29) is 5.91 Å². The fourth-order valence-corrected chi connectivity index (χ4v) is 4.25. The minimum Gasteiger partial charge on any atom is -0.370 e. The smallest absolute Gasteiger partial charge is 0.217 e. The van der Waals surface area contributed by atoms with Gasteiger partial charge in [0.15, 0.2) is 5.96 Å². The van der Waals surface area contributed by atoms with Crippen LogP contribution in [0.2, 0.25) is 0 Å². The maximum absolute atomic E-state index is 11.3. The summed E-state index contributed by atoms with van der Waals surface area (Å²) in [5.41, 5.74) is 5.41. The van der Waals surface area contributed by atoms with Crippen molar-refractivity contribution in [2.75, 3.05) is 39.3 Å². The van der Waals surface area contributed by atoms with Gasteiger partial charge in [0, 0.05) is 32.1 Å². The van der Waals surface area contributed by atoms with Crippen LogP contribution in [0.15, 0.2) is 4.99 Å². The number of amides is 1. The number of hydrogen-bond donors (Lipinski definition) is 2. The minimum atomic E-state index is -0.187. The fourth-order valence-electron chi connectivity index (χ4n) is 4.25. The monoisotopic (exact) mass is 365 g/mol. The predicted molar refractivity (Wildman–Crippen MR) is 108 cm³/mol. The Morgan fingerprint density at radius 2 is 2.04 bits per heavy atom. The van der Waals surface area contributed by atoms with E-state index in [0.717, 1.165) is 45.0 Å². The Kier molecular flexibility index (Phi) is 9.23. The number of piperidine rings is 2. The maximum Gasteiger partial charge on any atom is 0.217 e. The second kappa shape index (κ2) is 11.4. The van der Waals surface area contributed by atoms with E-state index in [1.54, 1.807) is 0 Å². The molecule has 2 saturated heterocycles. The van der Waals surface area contributed by atoms with E-state index >= 15 is 0 Å². The first kappa shape index (κ1) is 21.0. The molecule has 0 spiro atoms. The van der Waals surface area contributed by atoms with E-state index < -0.39 is 0 Å². The van der Waals surface area contributed by atoms with Gasteiger partial charge in [-0.15, -0.1) is 0 Å². The second-order valence-corrected chi connectivity index (χ2v) is 7.86. The SMILES string of the molecule is CCCCN1CCCCC1CN=C(NCC)N1CCCC(CC(N)=O)C1. The number of nitrogens with two attached hydrogens (primary N) is 1. The van der Waals surface area contributed by atoms with E-state index in [4.69, 9.17) is 10.7 Å². The number of carbonyl (C=O) groups is 1. The Morgan fingerprint density at radius 3 is 2.77 bits per heavy atom. The molecule has 2 aliphatic heterocycles. The zero-order valence-corrected chi connectivity index (χ0v) is 16.9. The van der Waals surface area contributed by atoms with Gasteiger partial charge in [-0.25, -0.2) is 0 Å². The minimum absolute atomic E-state index is 0.187. The van der Waals surface area contributed by atoms with Crippen molar-refractivity contribution in [2.24, 2.45) is 16.6 Å². The van der Waals surface area contributed by atoms with Gasteiger partial charge in [-0.2, -0.15) is 0 Å². The van der Waals surface area contributed by atoms with Crippen LogP contribution in [-0.4, -0.2) is 67.0 Å². The third kappa shape index (κ3) is 6.78. The summed E-state index contributed by atoms with van der Waals surface area (Å²) in [4.78, 5) is 21.3. The molecule has 0 saturated carbocycles. The van der Waals surface area contributed by atoms with E-state index in [0.29, 0.717) is 18.4 Å². The molecular weight excluding hydrogens is 326 g/mol.